The molecule has 0 fully saturated rings. The van der Waals surface area contributed by atoms with Gasteiger partial charge in [0.25, 0.3) is 5.25 Å². The third-order valence-corrected chi connectivity index (χ3v) is 5.51. The van der Waals surface area contributed by atoms with Crippen molar-refractivity contribution >= 4 is 17.7 Å². The quantitative estimate of drug-likeness (QED) is 0.260. The van der Waals surface area contributed by atoms with Crippen molar-refractivity contribution in [1.29, 1.82) is 5.26 Å². The zero-order valence-corrected chi connectivity index (χ0v) is 18.1. The standard InChI is InChI=1S/C25H21F2NO3S/c1-2-25(26,27)32-22-13-6-8-18(14-22)15-24(29)31-23(17-28)19-9-7-12-21(16-19)30-20-10-4-3-5-11-20/h3-14,16,23H,2,15H2,1H3. The number of alkyl halides is 2. The molecule has 0 N–H and O–H groups in total. The number of nitrogens with zero attached hydrogens (tertiary/aromatic N) is 1. The highest BCUT2D eigenvalue weighted by molar-refractivity contribution is 8.00. The Morgan fingerprint density at radius 2 is 1.75 bits per heavy atom. The summed E-state index contributed by atoms with van der Waals surface area (Å²) in [6, 6.07) is 24.3. The van der Waals surface area contributed by atoms with Crippen LogP contribution in [0.3, 0.4) is 0 Å². The molecule has 3 aromatic rings. The summed E-state index contributed by atoms with van der Waals surface area (Å²) in [6.45, 7) is 1.41. The van der Waals surface area contributed by atoms with Crippen LogP contribution < -0.4 is 4.74 Å². The van der Waals surface area contributed by atoms with E-state index in [9.17, 15) is 18.8 Å². The average Bonchev–Trinajstić information content (AvgIpc) is 2.78. The van der Waals surface area contributed by atoms with Crippen LogP contribution >= 0.6 is 11.8 Å². The van der Waals surface area contributed by atoms with E-state index in [-0.39, 0.29) is 12.8 Å². The highest BCUT2D eigenvalue weighted by Crippen LogP contribution is 2.38. The minimum Gasteiger partial charge on any atom is -0.457 e. The summed E-state index contributed by atoms with van der Waals surface area (Å²) in [6.07, 6.45) is -1.55. The molecule has 1 atom stereocenters. The van der Waals surface area contributed by atoms with Crippen LogP contribution in [0.4, 0.5) is 8.78 Å². The minimum absolute atomic E-state index is 0.134. The number of carbonyl (C=O) groups excluding carboxylic acids is 1. The van der Waals surface area contributed by atoms with Crippen molar-refractivity contribution in [3.8, 4) is 17.6 Å². The summed E-state index contributed by atoms with van der Waals surface area (Å²) < 4.78 is 38.4. The molecule has 0 radical (unpaired) electrons. The van der Waals surface area contributed by atoms with Gasteiger partial charge in [0.05, 0.1) is 6.42 Å². The number of benzene rings is 3. The fourth-order valence-electron chi connectivity index (χ4n) is 2.84. The van der Waals surface area contributed by atoms with Gasteiger partial charge in [-0.3, -0.25) is 4.79 Å². The van der Waals surface area contributed by atoms with Gasteiger partial charge in [0.15, 0.2) is 0 Å². The first kappa shape index (κ1) is 23.3. The fraction of sp³-hybridized carbons (Fsp3) is 0.200. The first-order valence-corrected chi connectivity index (χ1v) is 10.8. The van der Waals surface area contributed by atoms with E-state index in [2.05, 4.69) is 0 Å². The van der Waals surface area contributed by atoms with Gasteiger partial charge >= 0.3 is 5.97 Å². The number of thioether (sulfide) groups is 1. The highest BCUT2D eigenvalue weighted by atomic mass is 32.2. The van der Waals surface area contributed by atoms with Gasteiger partial charge < -0.3 is 9.47 Å². The maximum atomic E-state index is 13.6. The lowest BCUT2D eigenvalue weighted by atomic mass is 10.1. The lowest BCUT2D eigenvalue weighted by Gasteiger charge is -2.14. The van der Waals surface area contributed by atoms with E-state index in [0.717, 1.165) is 0 Å². The zero-order chi connectivity index (χ0) is 23.0. The molecule has 0 heterocycles. The average molecular weight is 454 g/mol. The van der Waals surface area contributed by atoms with E-state index in [4.69, 9.17) is 9.47 Å². The van der Waals surface area contributed by atoms with Gasteiger partial charge in [-0.15, -0.1) is 0 Å². The highest BCUT2D eigenvalue weighted by Gasteiger charge is 2.27. The molecule has 3 rings (SSSR count). The van der Waals surface area contributed by atoms with Crippen LogP contribution in [0, 0.1) is 11.3 Å². The van der Waals surface area contributed by atoms with E-state index in [1.807, 2.05) is 24.3 Å². The predicted octanol–water partition coefficient (Wildman–Crippen LogP) is 6.92. The Hall–Kier alpha value is -3.37. The Morgan fingerprint density at radius 1 is 1.03 bits per heavy atom. The second-order valence-electron chi connectivity index (χ2n) is 6.90. The molecular formula is C25H21F2NO3S. The summed E-state index contributed by atoms with van der Waals surface area (Å²) in [4.78, 5) is 12.8. The predicted molar refractivity (Wildman–Crippen MR) is 119 cm³/mol. The molecule has 7 heteroatoms. The lowest BCUT2D eigenvalue weighted by Crippen LogP contribution is -2.13. The normalized spacial score (nSPS) is 11.9. The number of halogens is 2. The molecule has 0 aromatic heterocycles. The molecule has 0 aliphatic carbocycles. The van der Waals surface area contributed by atoms with Crippen molar-refractivity contribution in [3.05, 3.63) is 90.0 Å². The van der Waals surface area contributed by atoms with Crippen molar-refractivity contribution in [2.75, 3.05) is 0 Å². The maximum absolute atomic E-state index is 13.6. The Morgan fingerprint density at radius 3 is 2.47 bits per heavy atom. The summed E-state index contributed by atoms with van der Waals surface area (Å²) in [5.41, 5.74) is 1.01. The smallest absolute Gasteiger partial charge is 0.311 e. The van der Waals surface area contributed by atoms with Gasteiger partial charge in [-0.1, -0.05) is 61.2 Å². The van der Waals surface area contributed by atoms with E-state index in [1.165, 1.54) is 13.0 Å². The minimum atomic E-state index is -2.88. The first-order chi connectivity index (χ1) is 15.4. The molecule has 164 valence electrons. The summed E-state index contributed by atoms with van der Waals surface area (Å²) in [7, 11) is 0. The number of carbonyl (C=O) groups is 1. The van der Waals surface area contributed by atoms with Crippen LogP contribution in [0.5, 0.6) is 11.5 Å². The zero-order valence-electron chi connectivity index (χ0n) is 17.3. The number of rotatable bonds is 9. The molecule has 0 amide bonds. The topological polar surface area (TPSA) is 59.3 Å². The van der Waals surface area contributed by atoms with Gasteiger partial charge in [0, 0.05) is 16.9 Å². The second-order valence-corrected chi connectivity index (χ2v) is 8.18. The van der Waals surface area contributed by atoms with Crippen LogP contribution in [-0.2, 0) is 16.0 Å². The largest absolute Gasteiger partial charge is 0.457 e. The van der Waals surface area contributed by atoms with Gasteiger partial charge in [-0.05, 0) is 42.0 Å². The number of nitriles is 1. The molecule has 0 bridgehead atoms. The first-order valence-electron chi connectivity index (χ1n) is 9.96. The number of esters is 1. The number of ether oxygens (including phenoxy) is 2. The Balaban J connectivity index is 1.65. The van der Waals surface area contributed by atoms with Crippen molar-refractivity contribution in [2.45, 2.75) is 36.0 Å². The van der Waals surface area contributed by atoms with Crippen molar-refractivity contribution in [1.82, 2.24) is 0 Å². The van der Waals surface area contributed by atoms with Gasteiger partial charge in [0.2, 0.25) is 6.10 Å². The summed E-state index contributed by atoms with van der Waals surface area (Å²) in [5, 5.41) is 6.64. The molecule has 32 heavy (non-hydrogen) atoms. The molecule has 0 aliphatic rings. The Labute approximate surface area is 189 Å². The number of hydrogen-bond donors (Lipinski definition) is 0. The summed E-state index contributed by atoms with van der Waals surface area (Å²) >= 11 is 0.453. The molecule has 0 saturated heterocycles. The van der Waals surface area contributed by atoms with Gasteiger partial charge in [-0.2, -0.15) is 14.0 Å². The fourth-order valence-corrected chi connectivity index (χ4v) is 3.68. The van der Waals surface area contributed by atoms with Crippen LogP contribution in [0.25, 0.3) is 0 Å². The summed E-state index contributed by atoms with van der Waals surface area (Å²) in [5.74, 6) is 0.517. The molecule has 3 aromatic carbocycles. The third-order valence-electron chi connectivity index (χ3n) is 4.43. The molecule has 0 spiro atoms. The monoisotopic (exact) mass is 453 g/mol. The maximum Gasteiger partial charge on any atom is 0.311 e. The van der Waals surface area contributed by atoms with E-state index < -0.39 is 17.3 Å². The van der Waals surface area contributed by atoms with Crippen molar-refractivity contribution in [3.63, 3.8) is 0 Å². The van der Waals surface area contributed by atoms with Crippen molar-refractivity contribution < 1.29 is 23.0 Å². The molecule has 0 aliphatic heterocycles. The van der Waals surface area contributed by atoms with E-state index in [0.29, 0.717) is 39.3 Å². The van der Waals surface area contributed by atoms with Crippen LogP contribution in [0.2, 0.25) is 0 Å². The Kier molecular flexibility index (Phi) is 7.85. The van der Waals surface area contributed by atoms with Crippen LogP contribution in [0.1, 0.15) is 30.6 Å². The molecule has 4 nitrogen and oxygen atoms in total. The Bertz CT molecular complexity index is 1100. The number of hydrogen-bond acceptors (Lipinski definition) is 5. The van der Waals surface area contributed by atoms with E-state index in [1.54, 1.807) is 54.6 Å². The van der Waals surface area contributed by atoms with Crippen LogP contribution in [0.15, 0.2) is 83.8 Å². The molecule has 1 unspecified atom stereocenters. The molecular weight excluding hydrogens is 432 g/mol. The van der Waals surface area contributed by atoms with Crippen LogP contribution in [-0.4, -0.2) is 11.2 Å². The molecule has 0 saturated carbocycles. The number of para-hydroxylation sites is 1. The van der Waals surface area contributed by atoms with E-state index >= 15 is 0 Å². The van der Waals surface area contributed by atoms with Crippen molar-refractivity contribution in [2.24, 2.45) is 0 Å². The third kappa shape index (κ3) is 6.82. The van der Waals surface area contributed by atoms with Gasteiger partial charge in [0.1, 0.15) is 17.6 Å². The lowest BCUT2D eigenvalue weighted by molar-refractivity contribution is -0.146. The van der Waals surface area contributed by atoms with Gasteiger partial charge in [-0.25, -0.2) is 0 Å². The SMILES string of the molecule is CCC(F)(F)Sc1cccc(CC(=O)OC(C#N)c2cccc(Oc3ccccc3)c2)c1. The second kappa shape index (κ2) is 10.8.